The molecule has 2 heteroatoms. The van der Waals surface area contributed by atoms with Gasteiger partial charge in [0.2, 0.25) is 0 Å². The summed E-state index contributed by atoms with van der Waals surface area (Å²) in [5.74, 6) is 2.63. The van der Waals surface area contributed by atoms with Crippen LogP contribution in [-0.2, 0) is 9.53 Å². The molecule has 2 nitrogen and oxygen atoms in total. The number of ether oxygens (including phenoxy) is 1. The fourth-order valence-corrected chi connectivity index (χ4v) is 4.91. The Kier molecular flexibility index (Phi) is 2.01. The molecule has 0 aromatic rings. The van der Waals surface area contributed by atoms with E-state index in [1.807, 2.05) is 0 Å². The van der Waals surface area contributed by atoms with Gasteiger partial charge in [0.25, 0.3) is 0 Å². The molecule has 0 aromatic heterocycles. The summed E-state index contributed by atoms with van der Waals surface area (Å²) in [5.41, 5.74) is 0.213. The number of esters is 1. The Hall–Kier alpha value is -0.530. The van der Waals surface area contributed by atoms with Crippen LogP contribution < -0.4 is 0 Å². The second-order valence-electron chi connectivity index (χ2n) is 6.61. The SMILES string of the molecule is CC1C2C(=O)OC3C2CCC1C3(C)C(C)C. The lowest BCUT2D eigenvalue weighted by Gasteiger charge is -2.57. The highest BCUT2D eigenvalue weighted by molar-refractivity contribution is 5.76. The van der Waals surface area contributed by atoms with Crippen molar-refractivity contribution in [2.75, 3.05) is 0 Å². The Morgan fingerprint density at radius 1 is 1.38 bits per heavy atom. The zero-order valence-electron chi connectivity index (χ0n) is 10.7. The van der Waals surface area contributed by atoms with Crippen molar-refractivity contribution in [1.82, 2.24) is 0 Å². The van der Waals surface area contributed by atoms with Crippen LogP contribution in [-0.4, -0.2) is 12.1 Å². The van der Waals surface area contributed by atoms with Crippen LogP contribution >= 0.6 is 0 Å². The van der Waals surface area contributed by atoms with E-state index >= 15 is 0 Å². The molecule has 6 atom stereocenters. The van der Waals surface area contributed by atoms with E-state index in [2.05, 4.69) is 27.7 Å². The molecule has 6 unspecified atom stereocenters. The smallest absolute Gasteiger partial charge is 0.309 e. The van der Waals surface area contributed by atoms with E-state index in [4.69, 9.17) is 4.74 Å². The first kappa shape index (κ1) is 10.6. The molecule has 0 amide bonds. The maximum atomic E-state index is 11.9. The third-order valence-electron chi connectivity index (χ3n) is 6.03. The van der Waals surface area contributed by atoms with Crippen molar-refractivity contribution in [3.05, 3.63) is 0 Å². The number of carbonyl (C=O) groups is 1. The first-order chi connectivity index (χ1) is 7.48. The van der Waals surface area contributed by atoms with Gasteiger partial charge in [0, 0.05) is 11.3 Å². The molecular formula is C14H22O2. The van der Waals surface area contributed by atoms with E-state index in [-0.39, 0.29) is 23.4 Å². The van der Waals surface area contributed by atoms with E-state index in [1.54, 1.807) is 0 Å². The molecule has 1 aliphatic heterocycles. The van der Waals surface area contributed by atoms with Crippen molar-refractivity contribution in [2.24, 2.45) is 35.0 Å². The fraction of sp³-hybridized carbons (Fsp3) is 0.929. The van der Waals surface area contributed by atoms with Gasteiger partial charge in [0.15, 0.2) is 0 Å². The van der Waals surface area contributed by atoms with Gasteiger partial charge in [-0.15, -0.1) is 0 Å². The zero-order valence-corrected chi connectivity index (χ0v) is 10.7. The molecule has 1 heterocycles. The Balaban J connectivity index is 2.08. The lowest BCUT2D eigenvalue weighted by Crippen LogP contribution is -2.57. The highest BCUT2D eigenvalue weighted by Gasteiger charge is 2.66. The van der Waals surface area contributed by atoms with Crippen LogP contribution in [0.4, 0.5) is 0 Å². The summed E-state index contributed by atoms with van der Waals surface area (Å²) in [6, 6.07) is 0. The predicted octanol–water partition coefficient (Wildman–Crippen LogP) is 2.87. The average Bonchev–Trinajstić information content (AvgIpc) is 2.53. The topological polar surface area (TPSA) is 26.3 Å². The van der Waals surface area contributed by atoms with Crippen LogP contribution in [0.2, 0.25) is 0 Å². The molecule has 0 radical (unpaired) electrons. The molecule has 0 spiro atoms. The molecule has 4 aliphatic rings. The van der Waals surface area contributed by atoms with Gasteiger partial charge in [-0.2, -0.15) is 0 Å². The van der Waals surface area contributed by atoms with Crippen molar-refractivity contribution in [3.63, 3.8) is 0 Å². The quantitative estimate of drug-likeness (QED) is 0.638. The second kappa shape index (κ2) is 3.02. The highest BCUT2D eigenvalue weighted by atomic mass is 16.6. The molecule has 0 N–H and O–H groups in total. The minimum absolute atomic E-state index is 0.0941. The van der Waals surface area contributed by atoms with E-state index in [0.29, 0.717) is 23.7 Å². The third kappa shape index (κ3) is 0.970. The minimum Gasteiger partial charge on any atom is -0.461 e. The molecule has 4 fully saturated rings. The Labute approximate surface area is 97.7 Å². The molecule has 0 aromatic carbocycles. The first-order valence-corrected chi connectivity index (χ1v) is 6.68. The highest BCUT2D eigenvalue weighted by Crippen LogP contribution is 2.64. The summed E-state index contributed by atoms with van der Waals surface area (Å²) in [6.07, 6.45) is 2.71. The van der Waals surface area contributed by atoms with Crippen LogP contribution in [0.3, 0.4) is 0 Å². The third-order valence-corrected chi connectivity index (χ3v) is 6.03. The van der Waals surface area contributed by atoms with Gasteiger partial charge in [-0.3, -0.25) is 4.79 Å². The average molecular weight is 222 g/mol. The second-order valence-corrected chi connectivity index (χ2v) is 6.61. The Morgan fingerprint density at radius 3 is 2.69 bits per heavy atom. The zero-order chi connectivity index (χ0) is 11.7. The summed E-state index contributed by atoms with van der Waals surface area (Å²) in [6.45, 7) is 9.19. The van der Waals surface area contributed by atoms with Crippen molar-refractivity contribution < 1.29 is 9.53 Å². The molecule has 4 rings (SSSR count). The normalized spacial score (nSPS) is 54.6. The molecular weight excluding hydrogens is 200 g/mol. The van der Waals surface area contributed by atoms with Gasteiger partial charge in [0.1, 0.15) is 6.10 Å². The fourth-order valence-electron chi connectivity index (χ4n) is 4.91. The van der Waals surface area contributed by atoms with Crippen LogP contribution in [0.25, 0.3) is 0 Å². The lowest BCUT2D eigenvalue weighted by atomic mass is 9.46. The van der Waals surface area contributed by atoms with Gasteiger partial charge < -0.3 is 4.74 Å². The first-order valence-electron chi connectivity index (χ1n) is 6.68. The molecule has 4 bridgehead atoms. The summed E-state index contributed by atoms with van der Waals surface area (Å²) in [4.78, 5) is 11.9. The van der Waals surface area contributed by atoms with Crippen molar-refractivity contribution in [1.29, 1.82) is 0 Å². The number of fused-ring (bicyclic) bond motifs is 1. The standard InChI is InChI=1S/C14H22O2/c1-7(2)14(4)10-6-5-9-11(8(10)3)13(15)16-12(9)14/h7-12H,5-6H2,1-4H3. The monoisotopic (exact) mass is 222 g/mol. The summed E-state index contributed by atoms with van der Waals surface area (Å²) in [7, 11) is 0. The van der Waals surface area contributed by atoms with Crippen LogP contribution in [0.1, 0.15) is 40.5 Å². The van der Waals surface area contributed by atoms with Gasteiger partial charge in [-0.05, 0) is 30.6 Å². The molecule has 3 aliphatic carbocycles. The maximum Gasteiger partial charge on any atom is 0.309 e. The van der Waals surface area contributed by atoms with Crippen molar-refractivity contribution >= 4 is 5.97 Å². The molecule has 3 saturated carbocycles. The van der Waals surface area contributed by atoms with Gasteiger partial charge in [-0.25, -0.2) is 0 Å². The largest absolute Gasteiger partial charge is 0.461 e. The lowest BCUT2D eigenvalue weighted by molar-refractivity contribution is -0.154. The van der Waals surface area contributed by atoms with Crippen LogP contribution in [0.15, 0.2) is 0 Å². The Morgan fingerprint density at radius 2 is 2.06 bits per heavy atom. The molecule has 16 heavy (non-hydrogen) atoms. The van der Waals surface area contributed by atoms with E-state index in [1.165, 1.54) is 12.8 Å². The number of rotatable bonds is 1. The summed E-state index contributed by atoms with van der Waals surface area (Å²) in [5, 5.41) is 0. The minimum atomic E-state index is 0.0941. The summed E-state index contributed by atoms with van der Waals surface area (Å²) >= 11 is 0. The summed E-state index contributed by atoms with van der Waals surface area (Å²) < 4.78 is 5.73. The van der Waals surface area contributed by atoms with E-state index in [0.717, 1.165) is 0 Å². The van der Waals surface area contributed by atoms with Gasteiger partial charge in [0.05, 0.1) is 5.92 Å². The van der Waals surface area contributed by atoms with Crippen LogP contribution in [0, 0.1) is 35.0 Å². The number of carbonyl (C=O) groups excluding carboxylic acids is 1. The van der Waals surface area contributed by atoms with Crippen molar-refractivity contribution in [2.45, 2.75) is 46.6 Å². The Bertz CT molecular complexity index is 336. The van der Waals surface area contributed by atoms with Crippen LogP contribution in [0.5, 0.6) is 0 Å². The predicted molar refractivity (Wildman–Crippen MR) is 61.7 cm³/mol. The van der Waals surface area contributed by atoms with Gasteiger partial charge in [-0.1, -0.05) is 27.7 Å². The maximum absolute atomic E-state index is 11.9. The van der Waals surface area contributed by atoms with E-state index < -0.39 is 0 Å². The number of hydrogen-bond donors (Lipinski definition) is 0. The number of hydrogen-bond acceptors (Lipinski definition) is 2. The molecule has 90 valence electrons. The van der Waals surface area contributed by atoms with Gasteiger partial charge >= 0.3 is 5.97 Å². The van der Waals surface area contributed by atoms with Crippen molar-refractivity contribution in [3.8, 4) is 0 Å². The molecule has 1 saturated heterocycles. The van der Waals surface area contributed by atoms with E-state index in [9.17, 15) is 4.79 Å².